The smallest absolute Gasteiger partial charge is 0.178 e. The molecule has 3 heterocycles. The van der Waals surface area contributed by atoms with Crippen LogP contribution in [0.5, 0.6) is 5.75 Å². The summed E-state index contributed by atoms with van der Waals surface area (Å²) in [6.07, 6.45) is 1.65. The van der Waals surface area contributed by atoms with Gasteiger partial charge in [0.1, 0.15) is 29.1 Å². The Morgan fingerprint density at radius 1 is 1.18 bits per heavy atom. The first-order chi connectivity index (χ1) is 10.6. The summed E-state index contributed by atoms with van der Waals surface area (Å²) in [6, 6.07) is 7.79. The summed E-state index contributed by atoms with van der Waals surface area (Å²) >= 11 is 0. The van der Waals surface area contributed by atoms with Gasteiger partial charge in [-0.1, -0.05) is 12.1 Å². The van der Waals surface area contributed by atoms with Crippen LogP contribution in [0.15, 0.2) is 49.2 Å². The van der Waals surface area contributed by atoms with E-state index in [1.165, 1.54) is 0 Å². The third kappa shape index (κ3) is 1.83. The Labute approximate surface area is 128 Å². The first-order valence-electron chi connectivity index (χ1n) is 7.14. The van der Waals surface area contributed by atoms with Gasteiger partial charge in [-0.05, 0) is 26.0 Å². The van der Waals surface area contributed by atoms with E-state index >= 15 is 0 Å². The van der Waals surface area contributed by atoms with Crippen molar-refractivity contribution in [2.24, 2.45) is 25.0 Å². The summed E-state index contributed by atoms with van der Waals surface area (Å²) in [5.74, 6) is 1.43. The predicted octanol–water partition coefficient (Wildman–Crippen LogP) is 2.05. The lowest BCUT2D eigenvalue weighted by Gasteiger charge is -2.19. The van der Waals surface area contributed by atoms with Gasteiger partial charge < -0.3 is 4.74 Å². The van der Waals surface area contributed by atoms with Crippen LogP contribution in [0.3, 0.4) is 0 Å². The van der Waals surface area contributed by atoms with Crippen molar-refractivity contribution in [2.45, 2.75) is 25.7 Å². The second kappa shape index (κ2) is 4.43. The van der Waals surface area contributed by atoms with Gasteiger partial charge in [0, 0.05) is 5.56 Å². The Balaban J connectivity index is 1.80. The molecule has 0 amide bonds. The molecule has 110 valence electrons. The van der Waals surface area contributed by atoms with Crippen molar-refractivity contribution in [1.29, 1.82) is 0 Å². The summed E-state index contributed by atoms with van der Waals surface area (Å²) in [7, 11) is 1.65. The highest BCUT2D eigenvalue weighted by atomic mass is 16.5. The molecule has 1 aromatic carbocycles. The second-order valence-corrected chi connectivity index (χ2v) is 5.53. The van der Waals surface area contributed by atoms with E-state index in [0.29, 0.717) is 5.84 Å². The molecular weight excluding hydrogens is 278 g/mol. The molecule has 6 heteroatoms. The van der Waals surface area contributed by atoms with E-state index in [1.54, 1.807) is 13.3 Å². The average Bonchev–Trinajstić information content (AvgIpc) is 3.02. The second-order valence-electron chi connectivity index (χ2n) is 5.53. The molecule has 0 radical (unpaired) electrons. The van der Waals surface area contributed by atoms with Gasteiger partial charge in [0.25, 0.3) is 0 Å². The van der Waals surface area contributed by atoms with Crippen LogP contribution < -0.4 is 4.74 Å². The summed E-state index contributed by atoms with van der Waals surface area (Å²) in [5, 5.41) is 0. The summed E-state index contributed by atoms with van der Waals surface area (Å²) in [6.45, 7) is 3.91. The van der Waals surface area contributed by atoms with Crippen molar-refractivity contribution in [2.75, 3.05) is 7.11 Å². The van der Waals surface area contributed by atoms with Gasteiger partial charge in [-0.15, -0.1) is 0 Å². The fraction of sp³-hybridized carbons (Fsp3) is 0.312. The zero-order valence-corrected chi connectivity index (χ0v) is 12.6. The van der Waals surface area contributed by atoms with Crippen LogP contribution in [0.1, 0.15) is 19.4 Å². The quantitative estimate of drug-likeness (QED) is 0.822. The number of fused-ring (bicyclic) bond motifs is 3. The van der Waals surface area contributed by atoms with Crippen molar-refractivity contribution in [3.63, 3.8) is 0 Å². The first kappa shape index (κ1) is 13.1. The number of amidine groups is 1. The molecule has 0 fully saturated rings. The lowest BCUT2D eigenvalue weighted by atomic mass is 10.0. The predicted molar refractivity (Wildman–Crippen MR) is 88.0 cm³/mol. The summed E-state index contributed by atoms with van der Waals surface area (Å²) < 4.78 is 5.29. The lowest BCUT2D eigenvalue weighted by molar-refractivity contribution is 0.412. The standard InChI is InChI=1S/C16H15N5O/c1-9-17-8-12-13(18-9)14-15(19-12)21-16(2,20-14)10-5-4-6-11(7-10)22-3/h4-9H,1-3H3. The molecule has 3 aliphatic rings. The SMILES string of the molecule is COc1cccc(C2(C)N=C3N=C4C=NC(C)N=C4C3=N2)c1. The molecule has 0 N–H and O–H groups in total. The van der Waals surface area contributed by atoms with E-state index < -0.39 is 5.66 Å². The number of rotatable bonds is 2. The number of hydrogen-bond acceptors (Lipinski definition) is 6. The maximum atomic E-state index is 5.29. The van der Waals surface area contributed by atoms with Crippen molar-refractivity contribution in [1.82, 2.24) is 0 Å². The molecular formula is C16H15N5O. The fourth-order valence-electron chi connectivity index (χ4n) is 2.74. The zero-order chi connectivity index (χ0) is 15.3. The Bertz CT molecular complexity index is 818. The van der Waals surface area contributed by atoms with Crippen molar-refractivity contribution < 1.29 is 4.74 Å². The van der Waals surface area contributed by atoms with Crippen LogP contribution in [-0.4, -0.2) is 42.5 Å². The zero-order valence-electron chi connectivity index (χ0n) is 12.6. The number of nitrogens with zero attached hydrogens (tertiary/aromatic N) is 5. The molecule has 0 saturated heterocycles. The molecule has 0 bridgehead atoms. The molecule has 0 spiro atoms. The minimum Gasteiger partial charge on any atom is -0.497 e. The van der Waals surface area contributed by atoms with Gasteiger partial charge in [0.05, 0.1) is 13.3 Å². The Kier molecular flexibility index (Phi) is 2.63. The topological polar surface area (TPSA) is 71.0 Å². The maximum Gasteiger partial charge on any atom is 0.178 e. The normalized spacial score (nSPS) is 28.4. The van der Waals surface area contributed by atoms with Gasteiger partial charge in [0.2, 0.25) is 0 Å². The van der Waals surface area contributed by atoms with Crippen LogP contribution in [0.2, 0.25) is 0 Å². The Morgan fingerprint density at radius 3 is 2.86 bits per heavy atom. The van der Waals surface area contributed by atoms with Crippen molar-refractivity contribution in [3.05, 3.63) is 29.8 Å². The third-order valence-electron chi connectivity index (χ3n) is 3.90. The average molecular weight is 293 g/mol. The number of benzene rings is 1. The minimum absolute atomic E-state index is 0.0975. The van der Waals surface area contributed by atoms with E-state index in [2.05, 4.69) is 15.0 Å². The molecule has 1 aromatic rings. The minimum atomic E-state index is -0.686. The molecule has 0 saturated carbocycles. The number of hydrogen-bond donors (Lipinski definition) is 0. The first-order valence-corrected chi connectivity index (χ1v) is 7.14. The Morgan fingerprint density at radius 2 is 2.05 bits per heavy atom. The molecule has 2 unspecified atom stereocenters. The summed E-state index contributed by atoms with van der Waals surface area (Å²) in [4.78, 5) is 22.8. The van der Waals surface area contributed by atoms with E-state index in [4.69, 9.17) is 14.7 Å². The van der Waals surface area contributed by atoms with Gasteiger partial charge in [0.15, 0.2) is 11.5 Å². The number of aliphatic imine (C=N–C) groups is 5. The van der Waals surface area contributed by atoms with Gasteiger partial charge >= 0.3 is 0 Å². The molecule has 2 atom stereocenters. The van der Waals surface area contributed by atoms with Crippen LogP contribution >= 0.6 is 0 Å². The molecule has 22 heavy (non-hydrogen) atoms. The number of methoxy groups -OCH3 is 1. The monoisotopic (exact) mass is 293 g/mol. The highest BCUT2D eigenvalue weighted by molar-refractivity contribution is 6.94. The number of ether oxygens (including phenoxy) is 1. The molecule has 0 aromatic heterocycles. The lowest BCUT2D eigenvalue weighted by Crippen LogP contribution is -2.26. The van der Waals surface area contributed by atoms with Crippen LogP contribution in [0, 0.1) is 0 Å². The molecule has 0 aliphatic carbocycles. The van der Waals surface area contributed by atoms with Gasteiger partial charge in [-0.25, -0.2) is 15.0 Å². The van der Waals surface area contributed by atoms with E-state index in [9.17, 15) is 0 Å². The van der Waals surface area contributed by atoms with Crippen molar-refractivity contribution >= 4 is 29.2 Å². The van der Waals surface area contributed by atoms with E-state index in [1.807, 2.05) is 38.1 Å². The maximum absolute atomic E-state index is 5.29. The fourth-order valence-corrected chi connectivity index (χ4v) is 2.74. The van der Waals surface area contributed by atoms with Gasteiger partial charge in [-0.2, -0.15) is 0 Å². The third-order valence-corrected chi connectivity index (χ3v) is 3.90. The van der Waals surface area contributed by atoms with E-state index in [-0.39, 0.29) is 6.17 Å². The molecule has 3 aliphatic heterocycles. The molecule has 6 nitrogen and oxygen atoms in total. The largest absolute Gasteiger partial charge is 0.497 e. The highest BCUT2D eigenvalue weighted by Gasteiger charge is 2.40. The van der Waals surface area contributed by atoms with Crippen LogP contribution in [0.25, 0.3) is 0 Å². The van der Waals surface area contributed by atoms with E-state index in [0.717, 1.165) is 28.4 Å². The van der Waals surface area contributed by atoms with Crippen LogP contribution in [-0.2, 0) is 5.66 Å². The highest BCUT2D eigenvalue weighted by Crippen LogP contribution is 2.35. The van der Waals surface area contributed by atoms with Crippen molar-refractivity contribution in [3.8, 4) is 5.75 Å². The molecule has 4 rings (SSSR count). The Hall–Kier alpha value is -2.63. The summed E-state index contributed by atoms with van der Waals surface area (Å²) in [5.41, 5.74) is 2.60. The van der Waals surface area contributed by atoms with Crippen LogP contribution in [0.4, 0.5) is 0 Å². The van der Waals surface area contributed by atoms with Gasteiger partial charge in [-0.3, -0.25) is 9.98 Å².